The SMILES string of the molecule is Cc1nnc(CN(C)C(=O)Nc2ccnc3ccnn23)s1. The summed E-state index contributed by atoms with van der Waals surface area (Å²) in [5.74, 6) is 0.565. The van der Waals surface area contributed by atoms with Crippen LogP contribution >= 0.6 is 11.3 Å². The van der Waals surface area contributed by atoms with Crippen molar-refractivity contribution in [1.82, 2.24) is 29.7 Å². The van der Waals surface area contributed by atoms with Gasteiger partial charge < -0.3 is 4.90 Å². The van der Waals surface area contributed by atoms with E-state index in [1.165, 1.54) is 16.2 Å². The van der Waals surface area contributed by atoms with Crippen LogP contribution in [0.5, 0.6) is 0 Å². The van der Waals surface area contributed by atoms with Gasteiger partial charge in [-0.05, 0) is 13.0 Å². The van der Waals surface area contributed by atoms with E-state index in [1.807, 2.05) is 6.92 Å². The molecular weight excluding hydrogens is 290 g/mol. The molecule has 0 unspecified atom stereocenters. The summed E-state index contributed by atoms with van der Waals surface area (Å²) < 4.78 is 1.57. The summed E-state index contributed by atoms with van der Waals surface area (Å²) in [6, 6.07) is 3.22. The molecule has 0 aliphatic rings. The minimum atomic E-state index is -0.245. The van der Waals surface area contributed by atoms with Crippen molar-refractivity contribution in [2.24, 2.45) is 0 Å². The number of aryl methyl sites for hydroxylation is 1. The molecule has 3 heterocycles. The Morgan fingerprint density at radius 1 is 1.38 bits per heavy atom. The van der Waals surface area contributed by atoms with Crippen LogP contribution in [0.15, 0.2) is 24.5 Å². The third-order valence-corrected chi connectivity index (χ3v) is 3.64. The molecule has 3 aromatic heterocycles. The van der Waals surface area contributed by atoms with Gasteiger partial charge in [-0.15, -0.1) is 10.2 Å². The molecule has 9 heteroatoms. The Bertz CT molecular complexity index is 781. The molecule has 0 spiro atoms. The maximum Gasteiger partial charge on any atom is 0.323 e. The van der Waals surface area contributed by atoms with Gasteiger partial charge in [0.2, 0.25) is 0 Å². The van der Waals surface area contributed by atoms with Gasteiger partial charge in [-0.25, -0.2) is 9.78 Å². The highest BCUT2D eigenvalue weighted by Crippen LogP contribution is 2.12. The van der Waals surface area contributed by atoms with Crippen molar-refractivity contribution in [3.05, 3.63) is 34.5 Å². The van der Waals surface area contributed by atoms with Crippen molar-refractivity contribution >= 4 is 28.8 Å². The number of carbonyl (C=O) groups is 1. The topological polar surface area (TPSA) is 88.3 Å². The van der Waals surface area contributed by atoms with Crippen molar-refractivity contribution in [1.29, 1.82) is 0 Å². The first-order valence-corrected chi connectivity index (χ1v) is 7.05. The Morgan fingerprint density at radius 2 is 2.24 bits per heavy atom. The molecule has 0 fully saturated rings. The molecular formula is C12H13N7OS. The van der Waals surface area contributed by atoms with Gasteiger partial charge in [0.15, 0.2) is 5.65 Å². The number of nitrogens with zero attached hydrogens (tertiary/aromatic N) is 6. The third-order valence-electron chi connectivity index (χ3n) is 2.81. The smallest absolute Gasteiger partial charge is 0.321 e. The van der Waals surface area contributed by atoms with Crippen molar-refractivity contribution in [3.63, 3.8) is 0 Å². The molecule has 2 amide bonds. The molecule has 0 aromatic carbocycles. The zero-order valence-corrected chi connectivity index (χ0v) is 12.3. The molecule has 8 nitrogen and oxygen atoms in total. The van der Waals surface area contributed by atoms with Gasteiger partial charge in [0.25, 0.3) is 0 Å². The number of hydrogen-bond acceptors (Lipinski definition) is 6. The Morgan fingerprint density at radius 3 is 3.00 bits per heavy atom. The first-order chi connectivity index (χ1) is 10.1. The van der Waals surface area contributed by atoms with Gasteiger partial charge in [-0.2, -0.15) is 9.61 Å². The van der Waals surface area contributed by atoms with Crippen LogP contribution in [0.2, 0.25) is 0 Å². The van der Waals surface area contributed by atoms with E-state index in [1.54, 1.807) is 36.1 Å². The quantitative estimate of drug-likeness (QED) is 0.793. The summed E-state index contributed by atoms with van der Waals surface area (Å²) in [5.41, 5.74) is 0.676. The number of urea groups is 1. The van der Waals surface area contributed by atoms with Gasteiger partial charge in [0, 0.05) is 19.3 Å². The van der Waals surface area contributed by atoms with Crippen LogP contribution in [0, 0.1) is 6.92 Å². The molecule has 0 aliphatic carbocycles. The van der Waals surface area contributed by atoms with Gasteiger partial charge in [0.1, 0.15) is 15.8 Å². The Hall–Kier alpha value is -2.55. The predicted octanol–water partition coefficient (Wildman–Crippen LogP) is 1.55. The number of fused-ring (bicyclic) bond motifs is 1. The van der Waals surface area contributed by atoms with Crippen LogP contribution in [0.4, 0.5) is 10.6 Å². The summed E-state index contributed by atoms with van der Waals surface area (Å²) in [6.45, 7) is 2.29. The normalized spacial score (nSPS) is 10.8. The average molecular weight is 303 g/mol. The lowest BCUT2D eigenvalue weighted by atomic mass is 10.5. The molecule has 0 radical (unpaired) electrons. The highest BCUT2D eigenvalue weighted by atomic mass is 32.1. The Kier molecular flexibility index (Phi) is 3.48. The standard InChI is InChI=1S/C12H13N7OS/c1-8-16-17-11(21-8)7-18(2)12(20)15-10-3-5-13-9-4-6-14-19(9)10/h3-6H,7H2,1-2H3,(H,15,20). The van der Waals surface area contributed by atoms with Crippen LogP contribution < -0.4 is 5.32 Å². The van der Waals surface area contributed by atoms with Gasteiger partial charge >= 0.3 is 6.03 Å². The highest BCUT2D eigenvalue weighted by molar-refractivity contribution is 7.11. The number of anilines is 1. The summed E-state index contributed by atoms with van der Waals surface area (Å²) in [5, 5.41) is 16.5. The van der Waals surface area contributed by atoms with Gasteiger partial charge in [-0.1, -0.05) is 11.3 Å². The molecule has 0 saturated heterocycles. The monoisotopic (exact) mass is 303 g/mol. The minimum absolute atomic E-state index is 0.245. The molecule has 1 N–H and O–H groups in total. The van der Waals surface area contributed by atoms with E-state index >= 15 is 0 Å². The minimum Gasteiger partial charge on any atom is -0.321 e. The highest BCUT2D eigenvalue weighted by Gasteiger charge is 2.13. The molecule has 108 valence electrons. The second kappa shape index (κ2) is 5.44. The van der Waals surface area contributed by atoms with Crippen molar-refractivity contribution in [2.75, 3.05) is 12.4 Å². The van der Waals surface area contributed by atoms with Crippen LogP contribution in [0.1, 0.15) is 10.0 Å². The van der Waals surface area contributed by atoms with Gasteiger partial charge in [-0.3, -0.25) is 5.32 Å². The van der Waals surface area contributed by atoms with E-state index in [2.05, 4.69) is 25.6 Å². The van der Waals surface area contributed by atoms with E-state index in [4.69, 9.17) is 0 Å². The number of nitrogens with one attached hydrogen (secondary N) is 1. The maximum absolute atomic E-state index is 12.2. The first kappa shape index (κ1) is 13.4. The number of hydrogen-bond donors (Lipinski definition) is 1. The molecule has 3 rings (SSSR count). The van der Waals surface area contributed by atoms with Gasteiger partial charge in [0.05, 0.1) is 12.7 Å². The van der Waals surface area contributed by atoms with E-state index in [0.29, 0.717) is 18.0 Å². The van der Waals surface area contributed by atoms with E-state index in [9.17, 15) is 4.79 Å². The number of carbonyl (C=O) groups excluding carboxylic acids is 1. The average Bonchev–Trinajstić information content (AvgIpc) is 3.08. The third kappa shape index (κ3) is 2.82. The fourth-order valence-electron chi connectivity index (χ4n) is 1.81. The second-order valence-electron chi connectivity index (χ2n) is 4.43. The zero-order chi connectivity index (χ0) is 14.8. The summed E-state index contributed by atoms with van der Waals surface area (Å²) >= 11 is 1.47. The van der Waals surface area contributed by atoms with Crippen LogP contribution in [0.25, 0.3) is 5.65 Å². The predicted molar refractivity (Wildman–Crippen MR) is 78.1 cm³/mol. The molecule has 3 aromatic rings. The summed E-state index contributed by atoms with van der Waals surface area (Å²) in [4.78, 5) is 17.9. The van der Waals surface area contributed by atoms with Crippen molar-refractivity contribution < 1.29 is 4.79 Å². The largest absolute Gasteiger partial charge is 0.323 e. The van der Waals surface area contributed by atoms with Crippen LogP contribution in [-0.4, -0.2) is 42.8 Å². The van der Waals surface area contributed by atoms with E-state index in [-0.39, 0.29) is 6.03 Å². The number of amides is 2. The number of rotatable bonds is 3. The molecule has 0 atom stereocenters. The molecule has 21 heavy (non-hydrogen) atoms. The van der Waals surface area contributed by atoms with Crippen LogP contribution in [0.3, 0.4) is 0 Å². The van der Waals surface area contributed by atoms with Crippen LogP contribution in [-0.2, 0) is 6.54 Å². The maximum atomic E-state index is 12.2. The zero-order valence-electron chi connectivity index (χ0n) is 11.5. The molecule has 0 bridgehead atoms. The summed E-state index contributed by atoms with van der Waals surface area (Å²) in [7, 11) is 1.70. The Balaban J connectivity index is 1.72. The molecule has 0 saturated carbocycles. The van der Waals surface area contributed by atoms with E-state index < -0.39 is 0 Å². The fraction of sp³-hybridized carbons (Fsp3) is 0.250. The lowest BCUT2D eigenvalue weighted by Crippen LogP contribution is -2.31. The van der Waals surface area contributed by atoms with Crippen molar-refractivity contribution in [3.8, 4) is 0 Å². The molecule has 0 aliphatic heterocycles. The Labute approximate surface area is 124 Å². The second-order valence-corrected chi connectivity index (χ2v) is 5.70. The fourth-order valence-corrected chi connectivity index (χ4v) is 2.57. The number of aromatic nitrogens is 5. The summed E-state index contributed by atoms with van der Waals surface area (Å²) in [6.07, 6.45) is 3.26. The lowest BCUT2D eigenvalue weighted by molar-refractivity contribution is 0.220. The van der Waals surface area contributed by atoms with E-state index in [0.717, 1.165) is 10.0 Å². The van der Waals surface area contributed by atoms with Crippen molar-refractivity contribution in [2.45, 2.75) is 13.5 Å². The first-order valence-electron chi connectivity index (χ1n) is 6.23. The lowest BCUT2D eigenvalue weighted by Gasteiger charge is -2.16.